The lowest BCUT2D eigenvalue weighted by Gasteiger charge is -2.05. The van der Waals surface area contributed by atoms with E-state index in [1.165, 1.54) is 0 Å². The predicted molar refractivity (Wildman–Crippen MR) is 79.8 cm³/mol. The molecule has 0 aliphatic heterocycles. The van der Waals surface area contributed by atoms with Crippen LogP contribution in [0.2, 0.25) is 5.02 Å². The summed E-state index contributed by atoms with van der Waals surface area (Å²) in [6.07, 6.45) is 0.885. The first-order valence-corrected chi connectivity index (χ1v) is 7.70. The van der Waals surface area contributed by atoms with Crippen LogP contribution in [0.4, 0.5) is 0 Å². The van der Waals surface area contributed by atoms with Crippen molar-refractivity contribution in [2.75, 3.05) is 0 Å². The number of aryl methyl sites for hydroxylation is 1. The fourth-order valence-corrected chi connectivity index (χ4v) is 2.73. The highest BCUT2D eigenvalue weighted by Crippen LogP contribution is 2.22. The number of carbonyl (C=O) groups is 1. The molecular weight excluding hydrogens is 350 g/mol. The van der Waals surface area contributed by atoms with Crippen LogP contribution in [0.3, 0.4) is 0 Å². The second-order valence-corrected chi connectivity index (χ2v) is 6.05. The van der Waals surface area contributed by atoms with Crippen molar-refractivity contribution in [3.05, 3.63) is 49.3 Å². The molecular formula is C13H11BrClNO2S. The van der Waals surface area contributed by atoms with Gasteiger partial charge >= 0.3 is 5.97 Å². The van der Waals surface area contributed by atoms with E-state index in [0.717, 1.165) is 21.6 Å². The maximum atomic E-state index is 11.9. The summed E-state index contributed by atoms with van der Waals surface area (Å²) in [5, 5.41) is 3.31. The molecule has 0 N–H and O–H groups in total. The Bertz CT molecular complexity index is 600. The first-order valence-electron chi connectivity index (χ1n) is 5.65. The molecule has 0 amide bonds. The van der Waals surface area contributed by atoms with Gasteiger partial charge in [-0.15, -0.1) is 11.3 Å². The fraction of sp³-hybridized carbons (Fsp3) is 0.231. The minimum Gasteiger partial charge on any atom is -0.456 e. The molecule has 1 aromatic heterocycles. The van der Waals surface area contributed by atoms with E-state index in [1.807, 2.05) is 12.3 Å². The van der Waals surface area contributed by atoms with Gasteiger partial charge in [0.15, 0.2) is 0 Å². The zero-order chi connectivity index (χ0) is 13.8. The first kappa shape index (κ1) is 14.5. The molecule has 0 unspecified atom stereocenters. The van der Waals surface area contributed by atoms with Gasteiger partial charge in [-0.05, 0) is 24.6 Å². The van der Waals surface area contributed by atoms with Crippen molar-refractivity contribution >= 4 is 44.8 Å². The average molecular weight is 361 g/mol. The summed E-state index contributed by atoms with van der Waals surface area (Å²) < 4.78 is 5.99. The highest BCUT2D eigenvalue weighted by atomic mass is 79.9. The Morgan fingerprint density at radius 1 is 1.53 bits per heavy atom. The SMILES string of the molecule is CCc1nc(COC(=O)c2cc(Br)ccc2Cl)cs1. The number of ether oxygens (including phenoxy) is 1. The Hall–Kier alpha value is -0.910. The lowest BCUT2D eigenvalue weighted by atomic mass is 10.2. The Balaban J connectivity index is 2.03. The third-order valence-corrected chi connectivity index (χ3v) is 4.27. The lowest BCUT2D eigenvalue weighted by molar-refractivity contribution is 0.0468. The number of thiazole rings is 1. The number of halogens is 2. The van der Waals surface area contributed by atoms with Crippen molar-refractivity contribution < 1.29 is 9.53 Å². The second kappa shape index (κ2) is 6.50. The quantitative estimate of drug-likeness (QED) is 0.755. The second-order valence-electron chi connectivity index (χ2n) is 3.79. The maximum absolute atomic E-state index is 11.9. The molecule has 0 saturated carbocycles. The summed E-state index contributed by atoms with van der Waals surface area (Å²) in [4.78, 5) is 16.2. The largest absolute Gasteiger partial charge is 0.456 e. The number of rotatable bonds is 4. The molecule has 3 nitrogen and oxygen atoms in total. The fourth-order valence-electron chi connectivity index (χ4n) is 1.45. The van der Waals surface area contributed by atoms with Crippen molar-refractivity contribution in [3.63, 3.8) is 0 Å². The third-order valence-electron chi connectivity index (χ3n) is 2.40. The molecule has 100 valence electrons. The van der Waals surface area contributed by atoms with Gasteiger partial charge < -0.3 is 4.74 Å². The van der Waals surface area contributed by atoms with Crippen LogP contribution in [-0.4, -0.2) is 11.0 Å². The van der Waals surface area contributed by atoms with Gasteiger partial charge in [0.1, 0.15) is 6.61 Å². The standard InChI is InChI=1S/C13H11BrClNO2S/c1-2-12-16-9(7-19-12)6-18-13(17)10-5-8(14)3-4-11(10)15/h3-5,7H,2,6H2,1H3. The summed E-state index contributed by atoms with van der Waals surface area (Å²) in [5.41, 5.74) is 1.11. The van der Waals surface area contributed by atoms with E-state index in [9.17, 15) is 4.79 Å². The molecule has 1 aromatic carbocycles. The minimum atomic E-state index is -0.447. The molecule has 0 saturated heterocycles. The molecule has 0 aliphatic rings. The van der Waals surface area contributed by atoms with Crippen molar-refractivity contribution in [2.24, 2.45) is 0 Å². The predicted octanol–water partition coefficient (Wildman–Crippen LogP) is 4.48. The van der Waals surface area contributed by atoms with Gasteiger partial charge in [-0.3, -0.25) is 0 Å². The summed E-state index contributed by atoms with van der Waals surface area (Å²) in [6, 6.07) is 5.07. The van der Waals surface area contributed by atoms with Gasteiger partial charge in [0.2, 0.25) is 0 Å². The molecule has 2 rings (SSSR count). The zero-order valence-corrected chi connectivity index (χ0v) is 13.3. The number of hydrogen-bond acceptors (Lipinski definition) is 4. The van der Waals surface area contributed by atoms with E-state index in [4.69, 9.17) is 16.3 Å². The van der Waals surface area contributed by atoms with E-state index < -0.39 is 5.97 Å². The highest BCUT2D eigenvalue weighted by Gasteiger charge is 2.13. The number of benzene rings is 1. The summed E-state index contributed by atoms with van der Waals surface area (Å²) in [6.45, 7) is 2.20. The molecule has 1 heterocycles. The normalized spacial score (nSPS) is 10.5. The smallest absolute Gasteiger partial charge is 0.340 e. The van der Waals surface area contributed by atoms with Gasteiger partial charge in [0.25, 0.3) is 0 Å². The molecule has 19 heavy (non-hydrogen) atoms. The van der Waals surface area contributed by atoms with Crippen LogP contribution in [0.1, 0.15) is 28.0 Å². The summed E-state index contributed by atoms with van der Waals surface area (Å²) in [7, 11) is 0. The summed E-state index contributed by atoms with van der Waals surface area (Å²) in [5.74, 6) is -0.447. The van der Waals surface area contributed by atoms with Gasteiger partial charge in [0, 0.05) is 9.85 Å². The van der Waals surface area contributed by atoms with E-state index in [-0.39, 0.29) is 6.61 Å². The number of aromatic nitrogens is 1. The third kappa shape index (κ3) is 3.78. The van der Waals surface area contributed by atoms with Crippen molar-refractivity contribution in [1.82, 2.24) is 4.98 Å². The number of nitrogens with zero attached hydrogens (tertiary/aromatic N) is 1. The van der Waals surface area contributed by atoms with E-state index in [0.29, 0.717) is 10.6 Å². The van der Waals surface area contributed by atoms with Crippen LogP contribution in [0.15, 0.2) is 28.1 Å². The van der Waals surface area contributed by atoms with Gasteiger partial charge in [0.05, 0.1) is 21.3 Å². The highest BCUT2D eigenvalue weighted by molar-refractivity contribution is 9.10. The summed E-state index contributed by atoms with van der Waals surface area (Å²) >= 11 is 10.8. The number of hydrogen-bond donors (Lipinski definition) is 0. The Morgan fingerprint density at radius 2 is 2.32 bits per heavy atom. The number of esters is 1. The van der Waals surface area contributed by atoms with Crippen molar-refractivity contribution in [2.45, 2.75) is 20.0 Å². The van der Waals surface area contributed by atoms with E-state index >= 15 is 0 Å². The van der Waals surface area contributed by atoms with Crippen LogP contribution < -0.4 is 0 Å². The van der Waals surface area contributed by atoms with Crippen LogP contribution in [0, 0.1) is 0 Å². The minimum absolute atomic E-state index is 0.165. The Kier molecular flexibility index (Phi) is 4.96. The van der Waals surface area contributed by atoms with Gasteiger partial charge in [-0.25, -0.2) is 9.78 Å². The van der Waals surface area contributed by atoms with Gasteiger partial charge in [-0.1, -0.05) is 34.5 Å². The van der Waals surface area contributed by atoms with Crippen LogP contribution >= 0.6 is 38.9 Å². The molecule has 0 aliphatic carbocycles. The number of carbonyl (C=O) groups excluding carboxylic acids is 1. The topological polar surface area (TPSA) is 39.2 Å². The molecule has 2 aromatic rings. The van der Waals surface area contributed by atoms with Crippen LogP contribution in [-0.2, 0) is 17.8 Å². The Labute approximate surface area is 128 Å². The average Bonchev–Trinajstić information content (AvgIpc) is 2.87. The lowest BCUT2D eigenvalue weighted by Crippen LogP contribution is -2.06. The molecule has 0 fully saturated rings. The first-order chi connectivity index (χ1) is 9.10. The molecule has 6 heteroatoms. The maximum Gasteiger partial charge on any atom is 0.340 e. The monoisotopic (exact) mass is 359 g/mol. The van der Waals surface area contributed by atoms with Crippen molar-refractivity contribution in [1.29, 1.82) is 0 Å². The van der Waals surface area contributed by atoms with Crippen molar-refractivity contribution in [3.8, 4) is 0 Å². The molecule has 0 atom stereocenters. The van der Waals surface area contributed by atoms with Crippen LogP contribution in [0.25, 0.3) is 0 Å². The molecule has 0 bridgehead atoms. The Morgan fingerprint density at radius 3 is 3.00 bits per heavy atom. The van der Waals surface area contributed by atoms with E-state index in [1.54, 1.807) is 29.5 Å². The molecule has 0 radical (unpaired) electrons. The van der Waals surface area contributed by atoms with E-state index in [2.05, 4.69) is 20.9 Å². The molecule has 0 spiro atoms. The van der Waals surface area contributed by atoms with Gasteiger partial charge in [-0.2, -0.15) is 0 Å². The van der Waals surface area contributed by atoms with Crippen LogP contribution in [0.5, 0.6) is 0 Å². The zero-order valence-electron chi connectivity index (χ0n) is 10.2.